The van der Waals surface area contributed by atoms with Crippen molar-refractivity contribution in [2.24, 2.45) is 4.99 Å². The zero-order chi connectivity index (χ0) is 15.1. The molecule has 0 heterocycles. The van der Waals surface area contributed by atoms with E-state index in [-0.39, 0.29) is 17.2 Å². The Morgan fingerprint density at radius 1 is 1.33 bits per heavy atom. The summed E-state index contributed by atoms with van der Waals surface area (Å²) in [5, 5.41) is 18.8. The first-order valence-corrected chi connectivity index (χ1v) is 7.31. The van der Waals surface area contributed by atoms with Gasteiger partial charge in [0.25, 0.3) is 5.91 Å². The number of hydrogen-bond donors (Lipinski definition) is 4. The highest BCUT2D eigenvalue weighted by Crippen LogP contribution is 2.18. The SMILES string of the molecule is CCNC(=NCCNC(=O)c1ccccc1O)NC1CC1. The van der Waals surface area contributed by atoms with Gasteiger partial charge < -0.3 is 21.1 Å². The molecule has 4 N–H and O–H groups in total. The number of aromatic hydroxyl groups is 1. The molecule has 0 spiro atoms. The Kier molecular flexibility index (Phi) is 5.43. The van der Waals surface area contributed by atoms with Crippen molar-refractivity contribution < 1.29 is 9.90 Å². The van der Waals surface area contributed by atoms with Gasteiger partial charge in [-0.1, -0.05) is 12.1 Å². The molecule has 0 radical (unpaired) electrons. The van der Waals surface area contributed by atoms with Crippen molar-refractivity contribution in [3.63, 3.8) is 0 Å². The summed E-state index contributed by atoms with van der Waals surface area (Å²) in [5.41, 5.74) is 0.282. The molecular weight excluding hydrogens is 268 g/mol. The maximum absolute atomic E-state index is 11.9. The Morgan fingerprint density at radius 2 is 2.10 bits per heavy atom. The van der Waals surface area contributed by atoms with Crippen LogP contribution in [0.4, 0.5) is 0 Å². The number of para-hydroxylation sites is 1. The Bertz CT molecular complexity index is 512. The van der Waals surface area contributed by atoms with E-state index >= 15 is 0 Å². The van der Waals surface area contributed by atoms with Crippen molar-refractivity contribution in [1.82, 2.24) is 16.0 Å². The summed E-state index contributed by atoms with van der Waals surface area (Å²) in [5.74, 6) is 0.488. The highest BCUT2D eigenvalue weighted by atomic mass is 16.3. The van der Waals surface area contributed by atoms with Crippen molar-refractivity contribution in [3.8, 4) is 5.75 Å². The van der Waals surface area contributed by atoms with E-state index in [9.17, 15) is 9.90 Å². The second-order valence-corrected chi connectivity index (χ2v) is 4.95. The van der Waals surface area contributed by atoms with Gasteiger partial charge in [-0.3, -0.25) is 9.79 Å². The van der Waals surface area contributed by atoms with Crippen LogP contribution in [0.15, 0.2) is 29.3 Å². The lowest BCUT2D eigenvalue weighted by atomic mass is 10.2. The van der Waals surface area contributed by atoms with Gasteiger partial charge in [0, 0.05) is 19.1 Å². The van der Waals surface area contributed by atoms with Crippen molar-refractivity contribution >= 4 is 11.9 Å². The Morgan fingerprint density at radius 3 is 2.76 bits per heavy atom. The minimum Gasteiger partial charge on any atom is -0.507 e. The van der Waals surface area contributed by atoms with Crippen LogP contribution in [0.1, 0.15) is 30.1 Å². The first kappa shape index (κ1) is 15.2. The number of phenolic OH excluding ortho intramolecular Hbond substituents is 1. The lowest BCUT2D eigenvalue weighted by molar-refractivity contribution is 0.0952. The minimum atomic E-state index is -0.288. The molecule has 1 saturated carbocycles. The topological polar surface area (TPSA) is 85.8 Å². The summed E-state index contributed by atoms with van der Waals surface area (Å²) in [6.07, 6.45) is 2.38. The molecule has 0 unspecified atom stereocenters. The molecular formula is C15H22N4O2. The van der Waals surface area contributed by atoms with Crippen molar-refractivity contribution in [2.45, 2.75) is 25.8 Å². The third-order valence-corrected chi connectivity index (χ3v) is 3.08. The number of aliphatic imine (C=N–C) groups is 1. The lowest BCUT2D eigenvalue weighted by Gasteiger charge is -2.10. The molecule has 114 valence electrons. The van der Waals surface area contributed by atoms with Crippen LogP contribution in [0.5, 0.6) is 5.75 Å². The average Bonchev–Trinajstić information content (AvgIpc) is 3.28. The van der Waals surface area contributed by atoms with Crippen LogP contribution >= 0.6 is 0 Å². The smallest absolute Gasteiger partial charge is 0.255 e. The van der Waals surface area contributed by atoms with Gasteiger partial charge in [-0.15, -0.1) is 0 Å². The summed E-state index contributed by atoms with van der Waals surface area (Å²) in [6.45, 7) is 3.74. The van der Waals surface area contributed by atoms with Crippen molar-refractivity contribution in [1.29, 1.82) is 0 Å². The Balaban J connectivity index is 1.77. The number of guanidine groups is 1. The van der Waals surface area contributed by atoms with Crippen molar-refractivity contribution in [2.75, 3.05) is 19.6 Å². The molecule has 0 bridgehead atoms. The van der Waals surface area contributed by atoms with E-state index in [0.717, 1.165) is 12.5 Å². The maximum atomic E-state index is 11.9. The number of benzene rings is 1. The first-order chi connectivity index (χ1) is 10.2. The fraction of sp³-hybridized carbons (Fsp3) is 0.467. The molecule has 1 aliphatic rings. The molecule has 1 aliphatic carbocycles. The fourth-order valence-corrected chi connectivity index (χ4v) is 1.84. The van der Waals surface area contributed by atoms with E-state index in [2.05, 4.69) is 20.9 Å². The molecule has 1 fully saturated rings. The standard InChI is InChI=1S/C15H22N4O2/c1-2-16-15(19-11-7-8-11)18-10-9-17-14(21)12-5-3-4-6-13(12)20/h3-6,11,20H,2,7-10H2,1H3,(H,17,21)(H2,16,18,19). The quantitative estimate of drug-likeness (QED) is 0.355. The molecule has 0 saturated heterocycles. The summed E-state index contributed by atoms with van der Waals surface area (Å²) in [6, 6.07) is 7.03. The van der Waals surface area contributed by atoms with Crippen LogP contribution in [0.2, 0.25) is 0 Å². The number of rotatable bonds is 6. The molecule has 2 rings (SSSR count). The molecule has 0 atom stereocenters. The molecule has 6 heteroatoms. The normalized spacial score (nSPS) is 14.6. The maximum Gasteiger partial charge on any atom is 0.255 e. The molecule has 1 amide bonds. The molecule has 21 heavy (non-hydrogen) atoms. The molecule has 1 aromatic rings. The van der Waals surface area contributed by atoms with Crippen LogP contribution in [0.25, 0.3) is 0 Å². The second-order valence-electron chi connectivity index (χ2n) is 4.95. The highest BCUT2D eigenvalue weighted by Gasteiger charge is 2.21. The predicted octanol–water partition coefficient (Wildman–Crippen LogP) is 0.839. The van der Waals surface area contributed by atoms with Crippen LogP contribution in [0, 0.1) is 0 Å². The van der Waals surface area contributed by atoms with Gasteiger partial charge in [-0.05, 0) is 31.9 Å². The van der Waals surface area contributed by atoms with Gasteiger partial charge in [0.1, 0.15) is 5.75 Å². The van der Waals surface area contributed by atoms with Gasteiger partial charge in [-0.2, -0.15) is 0 Å². The number of hydrogen-bond acceptors (Lipinski definition) is 3. The second kappa shape index (κ2) is 7.52. The fourth-order valence-electron chi connectivity index (χ4n) is 1.84. The van der Waals surface area contributed by atoms with Crippen LogP contribution in [-0.2, 0) is 0 Å². The average molecular weight is 290 g/mol. The summed E-state index contributed by atoms with van der Waals surface area (Å²) < 4.78 is 0. The Hall–Kier alpha value is -2.24. The molecule has 6 nitrogen and oxygen atoms in total. The number of carbonyl (C=O) groups excluding carboxylic acids is 1. The molecule has 0 aliphatic heterocycles. The van der Waals surface area contributed by atoms with Gasteiger partial charge in [0.2, 0.25) is 0 Å². The van der Waals surface area contributed by atoms with Crippen LogP contribution in [0.3, 0.4) is 0 Å². The number of nitrogens with zero attached hydrogens (tertiary/aromatic N) is 1. The van der Waals surface area contributed by atoms with E-state index < -0.39 is 0 Å². The number of nitrogens with one attached hydrogen (secondary N) is 3. The summed E-state index contributed by atoms with van der Waals surface area (Å²) in [4.78, 5) is 16.3. The zero-order valence-corrected chi connectivity index (χ0v) is 12.2. The number of phenols is 1. The number of carbonyl (C=O) groups is 1. The van der Waals surface area contributed by atoms with Crippen molar-refractivity contribution in [3.05, 3.63) is 29.8 Å². The summed E-state index contributed by atoms with van der Waals surface area (Å²) >= 11 is 0. The Labute approximate surface area is 124 Å². The zero-order valence-electron chi connectivity index (χ0n) is 12.2. The van der Waals surface area contributed by atoms with Gasteiger partial charge in [-0.25, -0.2) is 0 Å². The minimum absolute atomic E-state index is 0.0118. The van der Waals surface area contributed by atoms with E-state index in [1.807, 2.05) is 6.92 Å². The van der Waals surface area contributed by atoms with Crippen LogP contribution in [-0.4, -0.2) is 42.6 Å². The van der Waals surface area contributed by atoms with E-state index in [1.54, 1.807) is 18.2 Å². The van der Waals surface area contributed by atoms with E-state index in [4.69, 9.17) is 0 Å². The third-order valence-electron chi connectivity index (χ3n) is 3.08. The van der Waals surface area contributed by atoms with Gasteiger partial charge in [0.05, 0.1) is 12.1 Å². The highest BCUT2D eigenvalue weighted by molar-refractivity contribution is 5.96. The summed E-state index contributed by atoms with van der Waals surface area (Å²) in [7, 11) is 0. The predicted molar refractivity (Wildman–Crippen MR) is 82.6 cm³/mol. The lowest BCUT2D eigenvalue weighted by Crippen LogP contribution is -2.39. The molecule has 0 aromatic heterocycles. The van der Waals surface area contributed by atoms with Gasteiger partial charge in [0.15, 0.2) is 5.96 Å². The number of amides is 1. The van der Waals surface area contributed by atoms with Gasteiger partial charge >= 0.3 is 0 Å². The van der Waals surface area contributed by atoms with E-state index in [0.29, 0.717) is 19.1 Å². The molecule has 1 aromatic carbocycles. The first-order valence-electron chi connectivity index (χ1n) is 7.31. The largest absolute Gasteiger partial charge is 0.507 e. The monoisotopic (exact) mass is 290 g/mol. The van der Waals surface area contributed by atoms with E-state index in [1.165, 1.54) is 18.9 Å². The van der Waals surface area contributed by atoms with Crippen LogP contribution < -0.4 is 16.0 Å². The third kappa shape index (κ3) is 4.98.